The average Bonchev–Trinajstić information content (AvgIpc) is 2.68. The Bertz CT molecular complexity index is 405. The van der Waals surface area contributed by atoms with Crippen molar-refractivity contribution in [3.8, 4) is 5.82 Å². The molecular weight excluding hydrogens is 176 g/mol. The Morgan fingerprint density at radius 2 is 2.29 bits per heavy atom. The van der Waals surface area contributed by atoms with Gasteiger partial charge in [0, 0.05) is 24.0 Å². The van der Waals surface area contributed by atoms with Gasteiger partial charge in [-0.3, -0.25) is 0 Å². The zero-order valence-corrected chi connectivity index (χ0v) is 7.96. The predicted molar refractivity (Wildman–Crippen MR) is 54.0 cm³/mol. The van der Waals surface area contributed by atoms with Crippen LogP contribution in [0, 0.1) is 0 Å². The molecule has 0 aliphatic heterocycles. The van der Waals surface area contributed by atoms with Crippen LogP contribution in [0.15, 0.2) is 36.8 Å². The molecule has 2 aromatic rings. The normalized spacial score (nSPS) is 12.7. The summed E-state index contributed by atoms with van der Waals surface area (Å²) in [5, 5.41) is 4.18. The fraction of sp³-hybridized carbons (Fsp3) is 0.200. The predicted octanol–water partition coefficient (Wildman–Crippen LogP) is 1.29. The minimum Gasteiger partial charge on any atom is -0.324 e. The smallest absolute Gasteiger partial charge is 0.153 e. The van der Waals surface area contributed by atoms with Gasteiger partial charge < -0.3 is 5.73 Å². The Kier molecular flexibility index (Phi) is 2.28. The van der Waals surface area contributed by atoms with E-state index in [1.807, 2.05) is 31.3 Å². The van der Waals surface area contributed by atoms with Gasteiger partial charge in [0.25, 0.3) is 0 Å². The summed E-state index contributed by atoms with van der Waals surface area (Å²) in [6.07, 6.45) is 5.40. The third-order valence-corrected chi connectivity index (χ3v) is 2.01. The Labute approximate surface area is 82.4 Å². The van der Waals surface area contributed by atoms with Gasteiger partial charge in [0.05, 0.1) is 6.20 Å². The van der Waals surface area contributed by atoms with Gasteiger partial charge in [0.1, 0.15) is 0 Å². The molecule has 0 aliphatic carbocycles. The lowest BCUT2D eigenvalue weighted by atomic mass is 10.2. The van der Waals surface area contributed by atoms with Crippen molar-refractivity contribution in [3.05, 3.63) is 42.4 Å². The molecule has 0 saturated carbocycles. The maximum atomic E-state index is 5.73. The number of nitrogens with zero attached hydrogens (tertiary/aromatic N) is 3. The van der Waals surface area contributed by atoms with Gasteiger partial charge in [-0.1, -0.05) is 6.07 Å². The van der Waals surface area contributed by atoms with Crippen molar-refractivity contribution in [1.82, 2.24) is 14.8 Å². The Morgan fingerprint density at radius 3 is 2.86 bits per heavy atom. The van der Waals surface area contributed by atoms with E-state index in [1.54, 1.807) is 17.1 Å². The van der Waals surface area contributed by atoms with Crippen molar-refractivity contribution in [2.45, 2.75) is 13.0 Å². The first kappa shape index (κ1) is 8.90. The standard InChI is InChI=1S/C10H12N4/c1-8(11)9-6-13-14(7-9)10-4-2-3-5-12-10/h2-8H,11H2,1H3/t8-/m0/s1. The van der Waals surface area contributed by atoms with Gasteiger partial charge in [0.2, 0.25) is 0 Å². The van der Waals surface area contributed by atoms with Gasteiger partial charge in [-0.25, -0.2) is 9.67 Å². The topological polar surface area (TPSA) is 56.7 Å². The summed E-state index contributed by atoms with van der Waals surface area (Å²) in [5.41, 5.74) is 6.74. The van der Waals surface area contributed by atoms with Crippen LogP contribution in [0.1, 0.15) is 18.5 Å². The molecule has 0 fully saturated rings. The van der Waals surface area contributed by atoms with E-state index < -0.39 is 0 Å². The van der Waals surface area contributed by atoms with Crippen molar-refractivity contribution < 1.29 is 0 Å². The van der Waals surface area contributed by atoms with Gasteiger partial charge >= 0.3 is 0 Å². The van der Waals surface area contributed by atoms with E-state index >= 15 is 0 Å². The third kappa shape index (κ3) is 1.65. The molecule has 0 spiro atoms. The molecule has 0 saturated heterocycles. The highest BCUT2D eigenvalue weighted by molar-refractivity contribution is 5.22. The molecule has 0 aromatic carbocycles. The summed E-state index contributed by atoms with van der Waals surface area (Å²) < 4.78 is 1.72. The van der Waals surface area contributed by atoms with Crippen LogP contribution >= 0.6 is 0 Å². The van der Waals surface area contributed by atoms with E-state index in [-0.39, 0.29) is 6.04 Å². The highest BCUT2D eigenvalue weighted by atomic mass is 15.3. The molecular formula is C10H12N4. The van der Waals surface area contributed by atoms with Crippen LogP contribution in [-0.2, 0) is 0 Å². The quantitative estimate of drug-likeness (QED) is 0.772. The second-order valence-electron chi connectivity index (χ2n) is 3.19. The molecule has 0 unspecified atom stereocenters. The number of pyridine rings is 1. The fourth-order valence-corrected chi connectivity index (χ4v) is 1.19. The summed E-state index contributed by atoms with van der Waals surface area (Å²) >= 11 is 0. The van der Waals surface area contributed by atoms with Gasteiger partial charge in [0.15, 0.2) is 5.82 Å². The first-order chi connectivity index (χ1) is 6.77. The maximum absolute atomic E-state index is 5.73. The number of hydrogen-bond donors (Lipinski definition) is 1. The van der Waals surface area contributed by atoms with E-state index in [0.29, 0.717) is 0 Å². The van der Waals surface area contributed by atoms with Crippen molar-refractivity contribution in [1.29, 1.82) is 0 Å². The molecule has 2 N–H and O–H groups in total. The molecule has 2 heterocycles. The van der Waals surface area contributed by atoms with E-state index in [9.17, 15) is 0 Å². The molecule has 14 heavy (non-hydrogen) atoms. The molecule has 2 aromatic heterocycles. The minimum atomic E-state index is 0.00691. The first-order valence-corrected chi connectivity index (χ1v) is 4.49. The summed E-state index contributed by atoms with van der Waals surface area (Å²) in [7, 11) is 0. The molecule has 0 amide bonds. The van der Waals surface area contributed by atoms with E-state index in [4.69, 9.17) is 5.73 Å². The van der Waals surface area contributed by atoms with Crippen molar-refractivity contribution in [2.75, 3.05) is 0 Å². The average molecular weight is 188 g/mol. The summed E-state index contributed by atoms with van der Waals surface area (Å²) in [4.78, 5) is 4.18. The lowest BCUT2D eigenvalue weighted by Crippen LogP contribution is -2.03. The van der Waals surface area contributed by atoms with Gasteiger partial charge in [-0.15, -0.1) is 0 Å². The Balaban J connectivity index is 2.34. The number of aromatic nitrogens is 3. The molecule has 72 valence electrons. The second-order valence-corrected chi connectivity index (χ2v) is 3.19. The zero-order valence-electron chi connectivity index (χ0n) is 7.96. The SMILES string of the molecule is C[C@H](N)c1cnn(-c2ccccn2)c1. The summed E-state index contributed by atoms with van der Waals surface area (Å²) in [6.45, 7) is 1.93. The van der Waals surface area contributed by atoms with E-state index in [1.165, 1.54) is 0 Å². The van der Waals surface area contributed by atoms with Gasteiger partial charge in [-0.2, -0.15) is 5.10 Å². The van der Waals surface area contributed by atoms with Crippen LogP contribution in [0.2, 0.25) is 0 Å². The summed E-state index contributed by atoms with van der Waals surface area (Å²) in [6, 6.07) is 5.71. The maximum Gasteiger partial charge on any atom is 0.153 e. The van der Waals surface area contributed by atoms with Crippen LogP contribution in [-0.4, -0.2) is 14.8 Å². The van der Waals surface area contributed by atoms with Crippen molar-refractivity contribution in [3.63, 3.8) is 0 Å². The van der Waals surface area contributed by atoms with Crippen molar-refractivity contribution >= 4 is 0 Å². The third-order valence-electron chi connectivity index (χ3n) is 2.01. The van der Waals surface area contributed by atoms with Crippen LogP contribution < -0.4 is 5.73 Å². The van der Waals surface area contributed by atoms with Gasteiger partial charge in [-0.05, 0) is 19.1 Å². The number of rotatable bonds is 2. The van der Waals surface area contributed by atoms with E-state index in [2.05, 4.69) is 10.1 Å². The molecule has 1 atom stereocenters. The van der Waals surface area contributed by atoms with Crippen LogP contribution in [0.4, 0.5) is 0 Å². The molecule has 0 aliphatic rings. The lowest BCUT2D eigenvalue weighted by molar-refractivity contribution is 0.813. The Morgan fingerprint density at radius 1 is 1.43 bits per heavy atom. The number of nitrogens with two attached hydrogens (primary N) is 1. The molecule has 2 rings (SSSR count). The first-order valence-electron chi connectivity index (χ1n) is 4.49. The molecule has 4 heteroatoms. The zero-order chi connectivity index (χ0) is 9.97. The molecule has 0 bridgehead atoms. The lowest BCUT2D eigenvalue weighted by Gasteiger charge is -1.99. The largest absolute Gasteiger partial charge is 0.324 e. The highest BCUT2D eigenvalue weighted by Gasteiger charge is 2.04. The van der Waals surface area contributed by atoms with Crippen LogP contribution in [0.3, 0.4) is 0 Å². The van der Waals surface area contributed by atoms with Crippen LogP contribution in [0.25, 0.3) is 5.82 Å². The van der Waals surface area contributed by atoms with E-state index in [0.717, 1.165) is 11.4 Å². The monoisotopic (exact) mass is 188 g/mol. The highest BCUT2D eigenvalue weighted by Crippen LogP contribution is 2.10. The number of hydrogen-bond acceptors (Lipinski definition) is 3. The fourth-order valence-electron chi connectivity index (χ4n) is 1.19. The second kappa shape index (κ2) is 3.59. The molecule has 4 nitrogen and oxygen atoms in total. The van der Waals surface area contributed by atoms with Crippen molar-refractivity contribution in [2.24, 2.45) is 5.73 Å². The minimum absolute atomic E-state index is 0.00691. The van der Waals surface area contributed by atoms with Crippen LogP contribution in [0.5, 0.6) is 0 Å². The summed E-state index contributed by atoms with van der Waals surface area (Å²) in [5.74, 6) is 0.805. The molecule has 0 radical (unpaired) electrons. The Hall–Kier alpha value is -1.68.